The van der Waals surface area contributed by atoms with Crippen LogP contribution in [0.15, 0.2) is 30.3 Å². The Balaban J connectivity index is 2.12. The van der Waals surface area contributed by atoms with Crippen LogP contribution in [0.2, 0.25) is 0 Å². The van der Waals surface area contributed by atoms with Crippen LogP contribution in [-0.2, 0) is 10.2 Å². The Kier molecular flexibility index (Phi) is 5.37. The van der Waals surface area contributed by atoms with E-state index in [1.807, 2.05) is 30.3 Å². The fourth-order valence-corrected chi connectivity index (χ4v) is 4.57. The predicted molar refractivity (Wildman–Crippen MR) is 82.8 cm³/mol. The van der Waals surface area contributed by atoms with Gasteiger partial charge < -0.3 is 5.11 Å². The topological polar surface area (TPSA) is 69.6 Å². The van der Waals surface area contributed by atoms with Crippen molar-refractivity contribution in [2.24, 2.45) is 11.8 Å². The Bertz CT molecular complexity index is 537. The molecule has 0 aromatic heterocycles. The van der Waals surface area contributed by atoms with E-state index in [9.17, 15) is 13.5 Å². The highest BCUT2D eigenvalue weighted by Gasteiger charge is 2.32. The third kappa shape index (κ3) is 4.26. The van der Waals surface area contributed by atoms with Crippen LogP contribution in [0.3, 0.4) is 0 Å². The van der Waals surface area contributed by atoms with E-state index in [4.69, 9.17) is 0 Å². The fourth-order valence-electron chi connectivity index (χ4n) is 2.95. The average molecular weight is 312 g/mol. The van der Waals surface area contributed by atoms with Gasteiger partial charge in [0, 0.05) is 13.1 Å². The van der Waals surface area contributed by atoms with E-state index in [-0.39, 0.29) is 6.61 Å². The number of hydrogen-bond donors (Lipinski definition) is 2. The number of benzene rings is 1. The molecule has 0 saturated carbocycles. The summed E-state index contributed by atoms with van der Waals surface area (Å²) in [5.74, 6) is 0.712. The first-order valence-electron chi connectivity index (χ1n) is 7.35. The minimum atomic E-state index is -3.59. The second-order valence-electron chi connectivity index (χ2n) is 6.03. The van der Waals surface area contributed by atoms with Crippen molar-refractivity contribution in [3.05, 3.63) is 35.9 Å². The zero-order valence-corrected chi connectivity index (χ0v) is 13.4. The molecule has 1 saturated heterocycles. The summed E-state index contributed by atoms with van der Waals surface area (Å²) < 4.78 is 29.2. The van der Waals surface area contributed by atoms with Crippen LogP contribution in [0, 0.1) is 11.8 Å². The molecule has 0 bridgehead atoms. The molecule has 0 spiro atoms. The Morgan fingerprint density at radius 3 is 2.33 bits per heavy atom. The van der Waals surface area contributed by atoms with Gasteiger partial charge in [-0.15, -0.1) is 0 Å². The summed E-state index contributed by atoms with van der Waals surface area (Å²) in [6, 6.07) is 8.54. The number of aliphatic hydroxyl groups is 1. The number of nitrogens with zero attached hydrogens (tertiary/aromatic N) is 1. The Morgan fingerprint density at radius 2 is 1.81 bits per heavy atom. The van der Waals surface area contributed by atoms with E-state index in [0.717, 1.165) is 12.0 Å². The highest BCUT2D eigenvalue weighted by Crippen LogP contribution is 2.24. The van der Waals surface area contributed by atoms with E-state index < -0.39 is 16.3 Å². The summed E-state index contributed by atoms with van der Waals surface area (Å²) in [6.07, 6.45) is 1.05. The first-order chi connectivity index (χ1) is 9.92. The van der Waals surface area contributed by atoms with Crippen LogP contribution in [0.5, 0.6) is 0 Å². The number of hydrogen-bond acceptors (Lipinski definition) is 3. The van der Waals surface area contributed by atoms with E-state index in [2.05, 4.69) is 18.6 Å². The molecule has 21 heavy (non-hydrogen) atoms. The Labute approximate surface area is 127 Å². The molecule has 1 fully saturated rings. The molecule has 5 nitrogen and oxygen atoms in total. The van der Waals surface area contributed by atoms with Gasteiger partial charge >= 0.3 is 0 Å². The summed E-state index contributed by atoms with van der Waals surface area (Å²) in [4.78, 5) is 0. The maximum absolute atomic E-state index is 12.5. The van der Waals surface area contributed by atoms with Crippen molar-refractivity contribution in [3.8, 4) is 0 Å². The molecule has 2 N–H and O–H groups in total. The second kappa shape index (κ2) is 6.87. The fraction of sp³-hybridized carbons (Fsp3) is 0.600. The van der Waals surface area contributed by atoms with Crippen LogP contribution in [0.25, 0.3) is 0 Å². The lowest BCUT2D eigenvalue weighted by molar-refractivity contribution is 0.214. The molecule has 118 valence electrons. The van der Waals surface area contributed by atoms with Gasteiger partial charge in [0.1, 0.15) is 0 Å². The van der Waals surface area contributed by atoms with E-state index in [1.165, 1.54) is 4.31 Å². The molecule has 0 radical (unpaired) electrons. The van der Waals surface area contributed by atoms with Crippen molar-refractivity contribution < 1.29 is 13.5 Å². The summed E-state index contributed by atoms with van der Waals surface area (Å²) in [5, 5.41) is 9.50. The van der Waals surface area contributed by atoms with Crippen LogP contribution in [0.1, 0.15) is 31.9 Å². The minimum Gasteiger partial charge on any atom is -0.394 e. The molecule has 1 aromatic carbocycles. The lowest BCUT2D eigenvalue weighted by atomic mass is 9.94. The molecule has 2 rings (SSSR count). The Morgan fingerprint density at radius 1 is 1.24 bits per heavy atom. The summed E-state index contributed by atoms with van der Waals surface area (Å²) in [6.45, 7) is 4.94. The van der Waals surface area contributed by atoms with Gasteiger partial charge in [-0.05, 0) is 23.8 Å². The van der Waals surface area contributed by atoms with Crippen molar-refractivity contribution in [1.29, 1.82) is 0 Å². The largest absolute Gasteiger partial charge is 0.394 e. The van der Waals surface area contributed by atoms with Crippen molar-refractivity contribution in [2.45, 2.75) is 26.3 Å². The van der Waals surface area contributed by atoms with Gasteiger partial charge in [0.2, 0.25) is 0 Å². The molecular formula is C15H24N2O3S. The monoisotopic (exact) mass is 312 g/mol. The highest BCUT2D eigenvalue weighted by molar-refractivity contribution is 7.87. The Hall–Kier alpha value is -0.950. The molecule has 1 heterocycles. The van der Waals surface area contributed by atoms with Gasteiger partial charge in [0.25, 0.3) is 10.2 Å². The molecule has 1 aliphatic rings. The maximum atomic E-state index is 12.5. The summed E-state index contributed by atoms with van der Waals surface area (Å²) >= 11 is 0. The van der Waals surface area contributed by atoms with Gasteiger partial charge in [-0.25, -0.2) is 0 Å². The third-order valence-electron chi connectivity index (χ3n) is 3.85. The zero-order valence-electron chi connectivity index (χ0n) is 12.6. The molecule has 1 aliphatic heterocycles. The molecule has 3 unspecified atom stereocenters. The van der Waals surface area contributed by atoms with Crippen LogP contribution < -0.4 is 4.72 Å². The molecule has 6 heteroatoms. The van der Waals surface area contributed by atoms with Gasteiger partial charge in [-0.3, -0.25) is 0 Å². The summed E-state index contributed by atoms with van der Waals surface area (Å²) in [5.41, 5.74) is 0.765. The van der Waals surface area contributed by atoms with E-state index in [0.29, 0.717) is 24.9 Å². The van der Waals surface area contributed by atoms with Gasteiger partial charge in [-0.2, -0.15) is 17.4 Å². The number of rotatable bonds is 5. The van der Waals surface area contributed by atoms with Gasteiger partial charge in [0.15, 0.2) is 0 Å². The smallest absolute Gasteiger partial charge is 0.280 e. The normalized spacial score (nSPS) is 25.7. The van der Waals surface area contributed by atoms with Crippen molar-refractivity contribution in [1.82, 2.24) is 9.03 Å². The van der Waals surface area contributed by atoms with Crippen LogP contribution >= 0.6 is 0 Å². The number of piperidine rings is 1. The quantitative estimate of drug-likeness (QED) is 0.866. The second-order valence-corrected chi connectivity index (χ2v) is 7.73. The first-order valence-corrected chi connectivity index (χ1v) is 8.79. The highest BCUT2D eigenvalue weighted by atomic mass is 32.2. The molecule has 0 aliphatic carbocycles. The van der Waals surface area contributed by atoms with Crippen molar-refractivity contribution >= 4 is 10.2 Å². The maximum Gasteiger partial charge on any atom is 0.280 e. The standard InChI is InChI=1S/C15H24N2O3S/c1-12-8-13(2)10-17(9-12)21(19,20)16-15(11-18)14-6-4-3-5-7-14/h3-7,12-13,15-16,18H,8-11H2,1-2H3. The van der Waals surface area contributed by atoms with Crippen LogP contribution in [-0.4, -0.2) is 37.5 Å². The molecule has 0 amide bonds. The predicted octanol–water partition coefficient (Wildman–Crippen LogP) is 1.53. The minimum absolute atomic E-state index is 0.262. The van der Waals surface area contributed by atoms with Crippen molar-refractivity contribution in [3.63, 3.8) is 0 Å². The first kappa shape index (κ1) is 16.4. The van der Waals surface area contributed by atoms with Gasteiger partial charge in [0.05, 0.1) is 12.6 Å². The van der Waals surface area contributed by atoms with E-state index in [1.54, 1.807) is 0 Å². The SMILES string of the molecule is CC1CC(C)CN(S(=O)(=O)NC(CO)c2ccccc2)C1. The number of nitrogens with one attached hydrogen (secondary N) is 1. The van der Waals surface area contributed by atoms with E-state index >= 15 is 0 Å². The molecule has 3 atom stereocenters. The van der Waals surface area contributed by atoms with Gasteiger partial charge in [-0.1, -0.05) is 44.2 Å². The number of aliphatic hydroxyl groups excluding tert-OH is 1. The lowest BCUT2D eigenvalue weighted by Gasteiger charge is -2.34. The zero-order chi connectivity index (χ0) is 15.5. The van der Waals surface area contributed by atoms with Crippen LogP contribution in [0.4, 0.5) is 0 Å². The summed E-state index contributed by atoms with van der Waals surface area (Å²) in [7, 11) is -3.59. The molecular weight excluding hydrogens is 288 g/mol. The molecule has 1 aromatic rings. The average Bonchev–Trinajstić information content (AvgIpc) is 2.45. The lowest BCUT2D eigenvalue weighted by Crippen LogP contribution is -2.49. The third-order valence-corrected chi connectivity index (χ3v) is 5.41. The van der Waals surface area contributed by atoms with Crippen molar-refractivity contribution in [2.75, 3.05) is 19.7 Å².